The minimum atomic E-state index is -0.0393. The first-order valence-corrected chi connectivity index (χ1v) is 9.34. The highest BCUT2D eigenvalue weighted by atomic mass is 35.5. The van der Waals surface area contributed by atoms with Gasteiger partial charge < -0.3 is 9.80 Å². The number of aromatic nitrogens is 2. The van der Waals surface area contributed by atoms with Gasteiger partial charge in [0.1, 0.15) is 0 Å². The number of hydrogen-bond acceptors (Lipinski definition) is 4. The molecule has 0 atom stereocenters. The SMILES string of the molecule is CC.CCn1nc(C(=O)N2CCSCC2)c(Cl)c1CN(C)C. The molecule has 1 aliphatic heterocycles. The van der Waals surface area contributed by atoms with Gasteiger partial charge in [-0.05, 0) is 21.0 Å². The molecule has 1 saturated heterocycles. The van der Waals surface area contributed by atoms with Crippen LogP contribution in [-0.2, 0) is 13.1 Å². The lowest BCUT2D eigenvalue weighted by molar-refractivity contribution is 0.0765. The minimum absolute atomic E-state index is 0.0393. The number of carbonyl (C=O) groups excluding carboxylic acids is 1. The number of amides is 1. The number of halogens is 1. The molecule has 126 valence electrons. The fraction of sp³-hybridized carbons (Fsp3) is 0.733. The lowest BCUT2D eigenvalue weighted by atomic mass is 10.3. The van der Waals surface area contributed by atoms with Gasteiger partial charge in [-0.15, -0.1) is 0 Å². The summed E-state index contributed by atoms with van der Waals surface area (Å²) in [5.74, 6) is 1.94. The van der Waals surface area contributed by atoms with Gasteiger partial charge in [-0.3, -0.25) is 9.48 Å². The molecule has 0 aromatic carbocycles. The Morgan fingerprint density at radius 3 is 2.41 bits per heavy atom. The van der Waals surface area contributed by atoms with E-state index in [2.05, 4.69) is 5.10 Å². The number of aryl methyl sites for hydroxylation is 1. The lowest BCUT2D eigenvalue weighted by Crippen LogP contribution is -2.38. The third kappa shape index (κ3) is 4.64. The summed E-state index contributed by atoms with van der Waals surface area (Å²) in [5.41, 5.74) is 1.31. The van der Waals surface area contributed by atoms with Crippen molar-refractivity contribution in [2.24, 2.45) is 0 Å². The predicted octanol–water partition coefficient (Wildman–Crippen LogP) is 2.83. The second-order valence-electron chi connectivity index (χ2n) is 5.07. The molecule has 0 saturated carbocycles. The summed E-state index contributed by atoms with van der Waals surface area (Å²) in [7, 11) is 3.96. The molecule has 0 unspecified atom stereocenters. The highest BCUT2D eigenvalue weighted by Crippen LogP contribution is 2.24. The fourth-order valence-corrected chi connectivity index (χ4v) is 3.42. The largest absolute Gasteiger partial charge is 0.336 e. The second kappa shape index (κ2) is 9.43. The van der Waals surface area contributed by atoms with Gasteiger partial charge in [0.15, 0.2) is 5.69 Å². The zero-order chi connectivity index (χ0) is 16.7. The average molecular weight is 347 g/mol. The lowest BCUT2D eigenvalue weighted by Gasteiger charge is -2.25. The van der Waals surface area contributed by atoms with Crippen LogP contribution in [-0.4, -0.2) is 64.2 Å². The molecule has 1 fully saturated rings. The van der Waals surface area contributed by atoms with E-state index >= 15 is 0 Å². The van der Waals surface area contributed by atoms with Crippen molar-refractivity contribution in [3.8, 4) is 0 Å². The van der Waals surface area contributed by atoms with E-state index in [-0.39, 0.29) is 5.91 Å². The van der Waals surface area contributed by atoms with Crippen molar-refractivity contribution >= 4 is 29.3 Å². The maximum Gasteiger partial charge on any atom is 0.275 e. The van der Waals surface area contributed by atoms with Crippen LogP contribution >= 0.6 is 23.4 Å². The van der Waals surface area contributed by atoms with Gasteiger partial charge in [-0.2, -0.15) is 16.9 Å². The van der Waals surface area contributed by atoms with Crippen molar-refractivity contribution < 1.29 is 4.79 Å². The molecule has 2 heterocycles. The Balaban J connectivity index is 0.00000116. The summed E-state index contributed by atoms with van der Waals surface area (Å²) in [6.45, 7) is 8.97. The number of thioether (sulfide) groups is 1. The first-order valence-electron chi connectivity index (χ1n) is 7.81. The van der Waals surface area contributed by atoms with Crippen molar-refractivity contribution in [2.75, 3.05) is 38.7 Å². The van der Waals surface area contributed by atoms with Crippen LogP contribution in [0.5, 0.6) is 0 Å². The Labute approximate surface area is 143 Å². The van der Waals surface area contributed by atoms with Crippen molar-refractivity contribution in [1.82, 2.24) is 19.6 Å². The van der Waals surface area contributed by atoms with E-state index in [1.807, 2.05) is 61.1 Å². The maximum atomic E-state index is 12.5. The Kier molecular flexibility index (Phi) is 8.28. The molecule has 2 rings (SSSR count). The average Bonchev–Trinajstić information content (AvgIpc) is 2.85. The van der Waals surface area contributed by atoms with Gasteiger partial charge in [0.25, 0.3) is 5.91 Å². The zero-order valence-electron chi connectivity index (χ0n) is 14.2. The Morgan fingerprint density at radius 1 is 1.32 bits per heavy atom. The van der Waals surface area contributed by atoms with Crippen LogP contribution in [0.15, 0.2) is 0 Å². The smallest absolute Gasteiger partial charge is 0.275 e. The Morgan fingerprint density at radius 2 is 1.91 bits per heavy atom. The van der Waals surface area contributed by atoms with E-state index in [0.29, 0.717) is 23.8 Å². The minimum Gasteiger partial charge on any atom is -0.336 e. The predicted molar refractivity (Wildman–Crippen MR) is 94.9 cm³/mol. The van der Waals surface area contributed by atoms with Crippen LogP contribution in [0.3, 0.4) is 0 Å². The molecular weight excluding hydrogens is 320 g/mol. The third-order valence-corrected chi connectivity index (χ3v) is 4.60. The van der Waals surface area contributed by atoms with Crippen molar-refractivity contribution in [2.45, 2.75) is 33.9 Å². The second-order valence-corrected chi connectivity index (χ2v) is 6.67. The van der Waals surface area contributed by atoms with E-state index in [0.717, 1.165) is 30.3 Å². The van der Waals surface area contributed by atoms with Crippen LogP contribution in [0.25, 0.3) is 0 Å². The maximum absolute atomic E-state index is 12.5. The van der Waals surface area contributed by atoms with E-state index < -0.39 is 0 Å². The Bertz CT molecular complexity index is 484. The monoisotopic (exact) mass is 346 g/mol. The van der Waals surface area contributed by atoms with Gasteiger partial charge >= 0.3 is 0 Å². The molecule has 1 aromatic rings. The zero-order valence-corrected chi connectivity index (χ0v) is 15.8. The highest BCUT2D eigenvalue weighted by molar-refractivity contribution is 7.99. The van der Waals surface area contributed by atoms with Crippen molar-refractivity contribution in [3.05, 3.63) is 16.4 Å². The first kappa shape index (κ1) is 19.3. The van der Waals surface area contributed by atoms with Gasteiger partial charge in [0, 0.05) is 37.7 Å². The first-order chi connectivity index (χ1) is 10.5. The van der Waals surface area contributed by atoms with Crippen molar-refractivity contribution in [3.63, 3.8) is 0 Å². The topological polar surface area (TPSA) is 41.4 Å². The molecule has 0 N–H and O–H groups in total. The van der Waals surface area contributed by atoms with Crippen molar-refractivity contribution in [1.29, 1.82) is 0 Å². The van der Waals surface area contributed by atoms with Crippen LogP contribution < -0.4 is 0 Å². The molecule has 1 aromatic heterocycles. The summed E-state index contributed by atoms with van der Waals surface area (Å²) < 4.78 is 1.83. The summed E-state index contributed by atoms with van der Waals surface area (Å²) in [4.78, 5) is 16.4. The van der Waals surface area contributed by atoms with E-state index in [1.54, 1.807) is 0 Å². The van der Waals surface area contributed by atoms with E-state index in [1.165, 1.54) is 0 Å². The van der Waals surface area contributed by atoms with Crippen LogP contribution in [0.1, 0.15) is 37.0 Å². The van der Waals surface area contributed by atoms with Gasteiger partial charge in [0.05, 0.1) is 10.7 Å². The van der Waals surface area contributed by atoms with Crippen LogP contribution in [0.4, 0.5) is 0 Å². The summed E-state index contributed by atoms with van der Waals surface area (Å²) >= 11 is 8.28. The molecule has 1 amide bonds. The molecule has 5 nitrogen and oxygen atoms in total. The molecule has 0 radical (unpaired) electrons. The molecule has 0 bridgehead atoms. The normalized spacial score (nSPS) is 14.8. The van der Waals surface area contributed by atoms with E-state index in [9.17, 15) is 4.79 Å². The third-order valence-electron chi connectivity index (χ3n) is 3.26. The van der Waals surface area contributed by atoms with E-state index in [4.69, 9.17) is 11.6 Å². The number of nitrogens with zero attached hydrogens (tertiary/aromatic N) is 4. The number of hydrogen-bond donors (Lipinski definition) is 0. The van der Waals surface area contributed by atoms with Gasteiger partial charge in [-0.25, -0.2) is 0 Å². The molecule has 0 spiro atoms. The van der Waals surface area contributed by atoms with Crippen LogP contribution in [0.2, 0.25) is 5.02 Å². The molecular formula is C15H27ClN4OS. The Hall–Kier alpha value is -0.720. The summed E-state index contributed by atoms with van der Waals surface area (Å²) in [6, 6.07) is 0. The summed E-state index contributed by atoms with van der Waals surface area (Å²) in [6.07, 6.45) is 0. The highest BCUT2D eigenvalue weighted by Gasteiger charge is 2.26. The molecule has 7 heteroatoms. The standard InChI is InChI=1S/C13H21ClN4OS.C2H6/c1-4-18-10(9-16(2)3)11(14)12(15-18)13(19)17-5-7-20-8-6-17;1-2/h4-9H2,1-3H3;1-2H3. The number of rotatable bonds is 4. The molecule has 1 aliphatic rings. The van der Waals surface area contributed by atoms with Gasteiger partial charge in [0.2, 0.25) is 0 Å². The summed E-state index contributed by atoms with van der Waals surface area (Å²) in [5, 5.41) is 4.92. The quantitative estimate of drug-likeness (QED) is 0.840. The number of carbonyl (C=O) groups is 1. The van der Waals surface area contributed by atoms with Crippen LogP contribution in [0, 0.1) is 0 Å². The molecule has 0 aliphatic carbocycles. The molecule has 22 heavy (non-hydrogen) atoms. The van der Waals surface area contributed by atoms with Gasteiger partial charge in [-0.1, -0.05) is 25.4 Å². The fourth-order valence-electron chi connectivity index (χ4n) is 2.24.